The van der Waals surface area contributed by atoms with Crippen molar-refractivity contribution in [2.24, 2.45) is 0 Å². The molecule has 150 valence electrons. The van der Waals surface area contributed by atoms with Gasteiger partial charge in [-0.05, 0) is 54.6 Å². The average Bonchev–Trinajstić information content (AvgIpc) is 3.25. The Morgan fingerprint density at radius 2 is 1.53 bits per heavy atom. The maximum absolute atomic E-state index is 12.4. The van der Waals surface area contributed by atoms with Crippen LogP contribution in [-0.4, -0.2) is 22.7 Å². The zero-order valence-electron chi connectivity index (χ0n) is 15.5. The summed E-state index contributed by atoms with van der Waals surface area (Å²) in [6.45, 7) is -2.96. The molecule has 8 heteroatoms. The van der Waals surface area contributed by atoms with Gasteiger partial charge in [0.15, 0.2) is 0 Å². The fourth-order valence-corrected chi connectivity index (χ4v) is 2.75. The van der Waals surface area contributed by atoms with Crippen LogP contribution in [0.1, 0.15) is 10.4 Å². The van der Waals surface area contributed by atoms with E-state index in [-0.39, 0.29) is 11.3 Å². The zero-order chi connectivity index (χ0) is 20.9. The molecule has 0 unspecified atom stereocenters. The minimum atomic E-state index is -2.96. The van der Waals surface area contributed by atoms with E-state index in [0.29, 0.717) is 23.0 Å². The van der Waals surface area contributed by atoms with Crippen molar-refractivity contribution < 1.29 is 22.7 Å². The number of nitrogens with one attached hydrogen (secondary N) is 1. The highest BCUT2D eigenvalue weighted by Gasteiger charge is 2.12. The van der Waals surface area contributed by atoms with E-state index in [1.54, 1.807) is 24.3 Å². The summed E-state index contributed by atoms with van der Waals surface area (Å²) in [5.74, 6) is 0.225. The number of anilines is 1. The lowest BCUT2D eigenvalue weighted by Gasteiger charge is -2.08. The average molecular weight is 407 g/mol. The van der Waals surface area contributed by atoms with E-state index >= 15 is 0 Å². The van der Waals surface area contributed by atoms with Crippen molar-refractivity contribution in [3.05, 3.63) is 84.4 Å². The van der Waals surface area contributed by atoms with Crippen LogP contribution in [0.2, 0.25) is 0 Å². The van der Waals surface area contributed by atoms with Crippen molar-refractivity contribution in [3.63, 3.8) is 0 Å². The highest BCUT2D eigenvalue weighted by molar-refractivity contribution is 6.04. The lowest BCUT2D eigenvalue weighted by Crippen LogP contribution is -2.12. The molecule has 0 aliphatic heterocycles. The van der Waals surface area contributed by atoms with Crippen molar-refractivity contribution in [2.75, 3.05) is 5.32 Å². The molecule has 0 bridgehead atoms. The molecule has 6 nitrogen and oxygen atoms in total. The molecule has 0 saturated heterocycles. The number of halogens is 2. The summed E-state index contributed by atoms with van der Waals surface area (Å²) in [5, 5.41) is 10.8. The Hall–Kier alpha value is -4.07. The molecule has 0 aliphatic carbocycles. The fraction of sp³-hybridized carbons (Fsp3) is 0.0455. The molecule has 4 aromatic rings. The van der Waals surface area contributed by atoms with Gasteiger partial charge in [0.25, 0.3) is 5.91 Å². The summed E-state index contributed by atoms with van der Waals surface area (Å²) >= 11 is 0. The number of hydrogen-bond donors (Lipinski definition) is 1. The van der Waals surface area contributed by atoms with Crippen LogP contribution in [0.3, 0.4) is 0 Å². The van der Waals surface area contributed by atoms with Crippen molar-refractivity contribution >= 4 is 11.6 Å². The van der Waals surface area contributed by atoms with Gasteiger partial charge in [-0.3, -0.25) is 4.79 Å². The third-order valence-corrected chi connectivity index (χ3v) is 4.16. The number of aromatic nitrogens is 2. The molecule has 0 atom stereocenters. The Bertz CT molecular complexity index is 1150. The number of hydrogen-bond acceptors (Lipinski definition) is 5. The monoisotopic (exact) mass is 407 g/mol. The van der Waals surface area contributed by atoms with Gasteiger partial charge in [0.05, 0.1) is 0 Å². The maximum Gasteiger partial charge on any atom is 0.387 e. The van der Waals surface area contributed by atoms with Gasteiger partial charge in [-0.15, -0.1) is 10.2 Å². The van der Waals surface area contributed by atoms with Crippen LogP contribution >= 0.6 is 0 Å². The second-order valence-electron chi connectivity index (χ2n) is 6.22. The second kappa shape index (κ2) is 8.52. The van der Waals surface area contributed by atoms with Gasteiger partial charge >= 0.3 is 6.61 Å². The van der Waals surface area contributed by atoms with Gasteiger partial charge in [-0.2, -0.15) is 8.78 Å². The lowest BCUT2D eigenvalue weighted by atomic mass is 10.1. The van der Waals surface area contributed by atoms with Crippen LogP contribution < -0.4 is 10.1 Å². The van der Waals surface area contributed by atoms with Crippen LogP contribution in [-0.2, 0) is 0 Å². The van der Waals surface area contributed by atoms with Gasteiger partial charge in [0.2, 0.25) is 11.8 Å². The topological polar surface area (TPSA) is 77.3 Å². The van der Waals surface area contributed by atoms with Crippen molar-refractivity contribution in [3.8, 4) is 28.7 Å². The largest absolute Gasteiger partial charge is 0.435 e. The standard InChI is InChI=1S/C22H15F2N3O3/c23-22(24)29-18-8-4-7-16(13-18)19(28)25-17-11-9-15(10-12-17)21-27-26-20(30-21)14-5-2-1-3-6-14/h1-13,22H,(H,25,28). The van der Waals surface area contributed by atoms with Crippen molar-refractivity contribution in [1.29, 1.82) is 0 Å². The number of rotatable bonds is 6. The summed E-state index contributed by atoms with van der Waals surface area (Å²) in [4.78, 5) is 12.4. The first kappa shape index (κ1) is 19.3. The number of benzene rings is 3. The predicted molar refractivity (Wildman–Crippen MR) is 106 cm³/mol. The number of ether oxygens (including phenoxy) is 1. The first-order valence-electron chi connectivity index (χ1n) is 8.94. The highest BCUT2D eigenvalue weighted by atomic mass is 19.3. The van der Waals surface area contributed by atoms with E-state index in [1.165, 1.54) is 24.3 Å². The molecular weight excluding hydrogens is 392 g/mol. The normalized spacial score (nSPS) is 10.8. The zero-order valence-corrected chi connectivity index (χ0v) is 15.5. The van der Waals surface area contributed by atoms with Gasteiger partial charge in [0.1, 0.15) is 5.75 Å². The van der Waals surface area contributed by atoms with Crippen LogP contribution in [0, 0.1) is 0 Å². The molecule has 4 rings (SSSR count). The molecule has 0 spiro atoms. The lowest BCUT2D eigenvalue weighted by molar-refractivity contribution is -0.0498. The Morgan fingerprint density at radius 3 is 2.20 bits per heavy atom. The summed E-state index contributed by atoms with van der Waals surface area (Å²) in [5.41, 5.74) is 2.22. The minimum Gasteiger partial charge on any atom is -0.435 e. The molecule has 1 heterocycles. The van der Waals surface area contributed by atoms with E-state index < -0.39 is 12.5 Å². The summed E-state index contributed by atoms with van der Waals surface area (Å²) in [6, 6.07) is 21.8. The van der Waals surface area contributed by atoms with Crippen LogP contribution in [0.25, 0.3) is 22.9 Å². The molecule has 0 aliphatic rings. The van der Waals surface area contributed by atoms with E-state index in [2.05, 4.69) is 20.3 Å². The third kappa shape index (κ3) is 4.49. The van der Waals surface area contributed by atoms with Crippen molar-refractivity contribution in [2.45, 2.75) is 6.61 Å². The first-order chi connectivity index (χ1) is 14.6. The SMILES string of the molecule is O=C(Nc1ccc(-c2nnc(-c3ccccc3)o2)cc1)c1cccc(OC(F)F)c1. The number of nitrogens with zero attached hydrogens (tertiary/aromatic N) is 2. The van der Waals surface area contributed by atoms with E-state index in [1.807, 2.05) is 30.3 Å². The van der Waals surface area contributed by atoms with Crippen LogP contribution in [0.15, 0.2) is 83.3 Å². The number of carbonyl (C=O) groups excluding carboxylic acids is 1. The summed E-state index contributed by atoms with van der Waals surface area (Å²) in [7, 11) is 0. The smallest absolute Gasteiger partial charge is 0.387 e. The Kier molecular flexibility index (Phi) is 5.47. The van der Waals surface area contributed by atoms with Gasteiger partial charge in [-0.25, -0.2) is 0 Å². The molecular formula is C22H15F2N3O3. The molecule has 30 heavy (non-hydrogen) atoms. The predicted octanol–water partition coefficient (Wildman–Crippen LogP) is 5.26. The molecule has 0 radical (unpaired) electrons. The highest BCUT2D eigenvalue weighted by Crippen LogP contribution is 2.25. The minimum absolute atomic E-state index is 0.0846. The molecule has 3 aromatic carbocycles. The summed E-state index contributed by atoms with van der Waals surface area (Å²) < 4.78 is 34.7. The van der Waals surface area contributed by atoms with Gasteiger partial charge in [-0.1, -0.05) is 24.3 Å². The van der Waals surface area contributed by atoms with Crippen LogP contribution in [0.4, 0.5) is 14.5 Å². The Labute approximate surface area is 170 Å². The van der Waals surface area contributed by atoms with Gasteiger partial charge in [0, 0.05) is 22.4 Å². The third-order valence-electron chi connectivity index (χ3n) is 4.16. The molecule has 0 fully saturated rings. The first-order valence-corrected chi connectivity index (χ1v) is 8.94. The molecule has 1 amide bonds. The molecule has 0 saturated carbocycles. The van der Waals surface area contributed by atoms with Crippen LogP contribution in [0.5, 0.6) is 5.75 Å². The maximum atomic E-state index is 12.4. The van der Waals surface area contributed by atoms with Gasteiger partial charge < -0.3 is 14.5 Å². The Morgan fingerprint density at radius 1 is 0.867 bits per heavy atom. The van der Waals surface area contributed by atoms with E-state index in [4.69, 9.17) is 4.42 Å². The quantitative estimate of drug-likeness (QED) is 0.472. The van der Waals surface area contributed by atoms with E-state index in [9.17, 15) is 13.6 Å². The summed E-state index contributed by atoms with van der Waals surface area (Å²) in [6.07, 6.45) is 0. The molecule has 1 N–H and O–H groups in total. The number of carbonyl (C=O) groups is 1. The Balaban J connectivity index is 1.45. The molecule has 1 aromatic heterocycles. The van der Waals surface area contributed by atoms with E-state index in [0.717, 1.165) is 5.56 Å². The number of alkyl halides is 2. The second-order valence-corrected chi connectivity index (χ2v) is 6.22. The fourth-order valence-electron chi connectivity index (χ4n) is 2.75. The number of amides is 1. The van der Waals surface area contributed by atoms with Crippen molar-refractivity contribution in [1.82, 2.24) is 10.2 Å².